The molecule has 2 aromatic rings. The van der Waals surface area contributed by atoms with Gasteiger partial charge in [-0.15, -0.1) is 0 Å². The fraction of sp³-hybridized carbons (Fsp3) is 0.333. The minimum Gasteiger partial charge on any atom is -0.349 e. The summed E-state index contributed by atoms with van der Waals surface area (Å²) in [6.07, 6.45) is 3.85. The highest BCUT2D eigenvalue weighted by atomic mass is 16.2. The molecule has 1 N–H and O–H groups in total. The third-order valence-corrected chi connectivity index (χ3v) is 3.39. The zero-order valence-corrected chi connectivity index (χ0v) is 11.5. The van der Waals surface area contributed by atoms with Crippen LogP contribution in [0.1, 0.15) is 34.9 Å². The van der Waals surface area contributed by atoms with Gasteiger partial charge < -0.3 is 5.32 Å². The average molecular weight is 284 g/mol. The van der Waals surface area contributed by atoms with Gasteiger partial charge in [0.25, 0.3) is 11.5 Å². The summed E-state index contributed by atoms with van der Waals surface area (Å²) in [5.41, 5.74) is 1.18. The van der Waals surface area contributed by atoms with E-state index in [2.05, 4.69) is 15.4 Å². The van der Waals surface area contributed by atoms with E-state index in [1.165, 1.54) is 4.68 Å². The van der Waals surface area contributed by atoms with Crippen molar-refractivity contribution in [3.63, 3.8) is 0 Å². The predicted octanol–water partition coefficient (Wildman–Crippen LogP) is 0.946. The summed E-state index contributed by atoms with van der Waals surface area (Å²) in [5.74, 6) is 0.252. The number of carbonyl (C=O) groups excluding carboxylic acids is 1. The lowest BCUT2D eigenvalue weighted by atomic mass is 10.3. The van der Waals surface area contributed by atoms with Crippen LogP contribution in [-0.2, 0) is 6.54 Å². The number of hydrogen-bond acceptors (Lipinski definition) is 4. The van der Waals surface area contributed by atoms with Crippen molar-refractivity contribution in [2.75, 3.05) is 6.54 Å². The van der Waals surface area contributed by atoms with E-state index in [-0.39, 0.29) is 11.5 Å². The second kappa shape index (κ2) is 5.87. The third kappa shape index (κ3) is 3.34. The van der Waals surface area contributed by atoms with Crippen LogP contribution < -0.4 is 10.9 Å². The molecule has 0 saturated heterocycles. The first-order valence-electron chi connectivity index (χ1n) is 7.01. The Balaban J connectivity index is 1.59. The lowest BCUT2D eigenvalue weighted by Gasteiger charge is -2.07. The first-order chi connectivity index (χ1) is 10.2. The van der Waals surface area contributed by atoms with E-state index < -0.39 is 0 Å². The molecule has 0 unspecified atom stereocenters. The molecule has 1 saturated carbocycles. The topological polar surface area (TPSA) is 76.9 Å². The molecule has 2 heterocycles. The van der Waals surface area contributed by atoms with E-state index in [0.29, 0.717) is 24.7 Å². The summed E-state index contributed by atoms with van der Waals surface area (Å²) in [5, 5.41) is 7.08. The van der Waals surface area contributed by atoms with Gasteiger partial charge in [-0.25, -0.2) is 4.68 Å². The Morgan fingerprint density at radius 1 is 1.29 bits per heavy atom. The van der Waals surface area contributed by atoms with Crippen LogP contribution in [-0.4, -0.2) is 27.2 Å². The van der Waals surface area contributed by atoms with Gasteiger partial charge in [0.2, 0.25) is 0 Å². The molecule has 3 rings (SSSR count). The SMILES string of the molecule is O=C(NCCn1nc(C2CC2)ccc1=O)c1ccccn1. The van der Waals surface area contributed by atoms with Gasteiger partial charge in [-0.05, 0) is 31.0 Å². The summed E-state index contributed by atoms with van der Waals surface area (Å²) in [4.78, 5) is 27.5. The van der Waals surface area contributed by atoms with Crippen molar-refractivity contribution in [3.05, 3.63) is 58.3 Å². The van der Waals surface area contributed by atoms with Crippen molar-refractivity contribution in [2.24, 2.45) is 0 Å². The minimum absolute atomic E-state index is 0.147. The minimum atomic E-state index is -0.248. The summed E-state index contributed by atoms with van der Waals surface area (Å²) < 4.78 is 1.41. The highest BCUT2D eigenvalue weighted by Gasteiger charge is 2.25. The summed E-state index contributed by atoms with van der Waals surface area (Å²) in [6, 6.07) is 8.49. The Bertz CT molecular complexity index is 692. The summed E-state index contributed by atoms with van der Waals surface area (Å²) in [6.45, 7) is 0.703. The van der Waals surface area contributed by atoms with Gasteiger partial charge >= 0.3 is 0 Å². The molecule has 0 atom stereocenters. The van der Waals surface area contributed by atoms with Gasteiger partial charge in [-0.3, -0.25) is 14.6 Å². The molecule has 108 valence electrons. The molecule has 1 aliphatic carbocycles. The maximum Gasteiger partial charge on any atom is 0.269 e. The Morgan fingerprint density at radius 3 is 2.86 bits per heavy atom. The van der Waals surface area contributed by atoms with Gasteiger partial charge in [-0.2, -0.15) is 5.10 Å². The fourth-order valence-corrected chi connectivity index (χ4v) is 2.08. The van der Waals surface area contributed by atoms with Crippen molar-refractivity contribution in [3.8, 4) is 0 Å². The molecule has 0 radical (unpaired) electrons. The molecule has 1 fully saturated rings. The molecule has 6 heteroatoms. The van der Waals surface area contributed by atoms with Crippen LogP contribution in [0.5, 0.6) is 0 Å². The van der Waals surface area contributed by atoms with E-state index >= 15 is 0 Å². The standard InChI is InChI=1S/C15H16N4O2/c20-14-7-6-12(11-4-5-11)18-19(14)10-9-17-15(21)13-3-1-2-8-16-13/h1-3,6-8,11H,4-5,9-10H2,(H,17,21). The number of hydrogen-bond donors (Lipinski definition) is 1. The van der Waals surface area contributed by atoms with Crippen molar-refractivity contribution >= 4 is 5.91 Å². The molecule has 0 aliphatic heterocycles. The van der Waals surface area contributed by atoms with Crippen molar-refractivity contribution < 1.29 is 4.79 Å². The number of pyridine rings is 1. The number of aromatic nitrogens is 3. The molecule has 6 nitrogen and oxygen atoms in total. The van der Waals surface area contributed by atoms with Gasteiger partial charge in [0, 0.05) is 24.7 Å². The van der Waals surface area contributed by atoms with Crippen LogP contribution in [0.3, 0.4) is 0 Å². The van der Waals surface area contributed by atoms with Gasteiger partial charge in [0.05, 0.1) is 12.2 Å². The van der Waals surface area contributed by atoms with E-state index in [1.807, 2.05) is 0 Å². The largest absolute Gasteiger partial charge is 0.349 e. The molecule has 0 bridgehead atoms. The average Bonchev–Trinajstić information content (AvgIpc) is 3.35. The maximum absolute atomic E-state index is 11.8. The van der Waals surface area contributed by atoms with E-state index in [0.717, 1.165) is 18.5 Å². The monoisotopic (exact) mass is 284 g/mol. The zero-order chi connectivity index (χ0) is 14.7. The quantitative estimate of drug-likeness (QED) is 0.886. The van der Waals surface area contributed by atoms with Crippen LogP contribution in [0.4, 0.5) is 0 Å². The predicted molar refractivity (Wildman–Crippen MR) is 77.0 cm³/mol. The second-order valence-electron chi connectivity index (χ2n) is 5.06. The Kier molecular flexibility index (Phi) is 3.77. The fourth-order valence-electron chi connectivity index (χ4n) is 2.08. The van der Waals surface area contributed by atoms with Crippen LogP contribution in [0, 0.1) is 0 Å². The normalized spacial score (nSPS) is 13.9. The van der Waals surface area contributed by atoms with Crippen LogP contribution in [0.15, 0.2) is 41.3 Å². The first kappa shape index (κ1) is 13.5. The lowest BCUT2D eigenvalue weighted by molar-refractivity contribution is 0.0946. The van der Waals surface area contributed by atoms with Gasteiger partial charge in [0.15, 0.2) is 0 Å². The van der Waals surface area contributed by atoms with Crippen LogP contribution in [0.25, 0.3) is 0 Å². The molecule has 2 aromatic heterocycles. The zero-order valence-electron chi connectivity index (χ0n) is 11.5. The Labute approximate surface area is 121 Å². The highest BCUT2D eigenvalue weighted by molar-refractivity contribution is 5.92. The number of amides is 1. The van der Waals surface area contributed by atoms with E-state index in [9.17, 15) is 9.59 Å². The van der Waals surface area contributed by atoms with Crippen LogP contribution >= 0.6 is 0 Å². The van der Waals surface area contributed by atoms with Crippen molar-refractivity contribution in [1.82, 2.24) is 20.1 Å². The molecular weight excluding hydrogens is 268 g/mol. The maximum atomic E-state index is 11.8. The van der Waals surface area contributed by atoms with Gasteiger partial charge in [0.1, 0.15) is 5.69 Å². The van der Waals surface area contributed by atoms with Crippen molar-refractivity contribution in [2.45, 2.75) is 25.3 Å². The van der Waals surface area contributed by atoms with Gasteiger partial charge in [-0.1, -0.05) is 6.07 Å². The molecule has 1 aliphatic rings. The lowest BCUT2D eigenvalue weighted by Crippen LogP contribution is -2.32. The second-order valence-corrected chi connectivity index (χ2v) is 5.06. The number of carbonyl (C=O) groups is 1. The van der Waals surface area contributed by atoms with Crippen LogP contribution in [0.2, 0.25) is 0 Å². The van der Waals surface area contributed by atoms with Crippen molar-refractivity contribution in [1.29, 1.82) is 0 Å². The third-order valence-electron chi connectivity index (χ3n) is 3.39. The Morgan fingerprint density at radius 2 is 2.14 bits per heavy atom. The van der Waals surface area contributed by atoms with E-state index in [4.69, 9.17) is 0 Å². The first-order valence-corrected chi connectivity index (χ1v) is 7.01. The highest BCUT2D eigenvalue weighted by Crippen LogP contribution is 2.38. The molecule has 21 heavy (non-hydrogen) atoms. The molecule has 0 aromatic carbocycles. The Hall–Kier alpha value is -2.50. The molecule has 0 spiro atoms. The number of rotatable bonds is 5. The number of nitrogens with one attached hydrogen (secondary N) is 1. The van der Waals surface area contributed by atoms with E-state index in [1.54, 1.807) is 36.5 Å². The molecule has 1 amide bonds. The molecular formula is C15H16N4O2. The summed E-state index contributed by atoms with van der Waals surface area (Å²) in [7, 11) is 0. The summed E-state index contributed by atoms with van der Waals surface area (Å²) >= 11 is 0. The smallest absolute Gasteiger partial charge is 0.269 e. The number of nitrogens with zero attached hydrogens (tertiary/aromatic N) is 3.